The summed E-state index contributed by atoms with van der Waals surface area (Å²) in [5.74, 6) is -3.23. The lowest BCUT2D eigenvalue weighted by Crippen LogP contribution is -2.65. The molecule has 11 atom stereocenters. The van der Waals surface area contributed by atoms with Crippen LogP contribution in [0.25, 0.3) is 6.08 Å². The molecule has 3 aliphatic heterocycles. The van der Waals surface area contributed by atoms with Crippen LogP contribution in [0.2, 0.25) is 0 Å². The molecule has 0 saturated carbocycles. The van der Waals surface area contributed by atoms with Crippen molar-refractivity contribution in [2.24, 2.45) is 0 Å². The number of unbranched alkanes of at least 4 members (excludes halogenated alkanes) is 2. The fourth-order valence-corrected chi connectivity index (χ4v) is 7.17. The number of rotatable bonds is 10. The monoisotopic (exact) mass is 830 g/mol. The van der Waals surface area contributed by atoms with Gasteiger partial charge in [-0.15, -0.1) is 0 Å². The van der Waals surface area contributed by atoms with Crippen molar-refractivity contribution in [2.75, 3.05) is 6.61 Å². The van der Waals surface area contributed by atoms with Crippen molar-refractivity contribution >= 4 is 35.7 Å². The molecule has 2 N–H and O–H groups in total. The number of aliphatic hydroxyl groups excluding tert-OH is 2. The molecule has 59 heavy (non-hydrogen) atoms. The minimum atomic E-state index is -1.87. The fraction of sp³-hybridized carbons (Fsp3) is 0.659. The van der Waals surface area contributed by atoms with E-state index in [2.05, 4.69) is 6.92 Å². The molecule has 3 fully saturated rings. The zero-order chi connectivity index (χ0) is 42.9. The molecule has 2 bridgehead atoms. The second-order valence-electron chi connectivity index (χ2n) is 15.3. The number of ether oxygens (including phenoxy) is 8. The molecule has 328 valence electrons. The second-order valence-corrected chi connectivity index (χ2v) is 15.3. The zero-order valence-electron chi connectivity index (χ0n) is 34.9. The van der Waals surface area contributed by atoms with Gasteiger partial charge in [0, 0.05) is 31.4 Å². The van der Waals surface area contributed by atoms with E-state index in [1.165, 1.54) is 26.0 Å². The molecule has 0 amide bonds. The fourth-order valence-electron chi connectivity index (χ4n) is 7.17. The largest absolute Gasteiger partial charge is 0.463 e. The van der Waals surface area contributed by atoms with Gasteiger partial charge >= 0.3 is 23.9 Å². The highest BCUT2D eigenvalue weighted by Gasteiger charge is 2.55. The van der Waals surface area contributed by atoms with Crippen LogP contribution in [-0.4, -0.2) is 114 Å². The molecular formula is C44H62O15. The Morgan fingerprint density at radius 2 is 1.56 bits per heavy atom. The van der Waals surface area contributed by atoms with E-state index in [-0.39, 0.29) is 30.3 Å². The lowest BCUT2D eigenvalue weighted by molar-refractivity contribution is -0.369. The van der Waals surface area contributed by atoms with E-state index in [0.717, 1.165) is 44.6 Å². The normalized spacial score (nSPS) is 32.0. The van der Waals surface area contributed by atoms with E-state index in [4.69, 9.17) is 37.9 Å². The molecule has 4 unspecified atom stereocenters. The van der Waals surface area contributed by atoms with Crippen LogP contribution in [0.3, 0.4) is 0 Å². The van der Waals surface area contributed by atoms with Crippen LogP contribution in [0, 0.1) is 0 Å². The van der Waals surface area contributed by atoms with Crippen LogP contribution in [0.5, 0.6) is 0 Å². The first-order valence-corrected chi connectivity index (χ1v) is 20.9. The lowest BCUT2D eigenvalue weighted by atomic mass is 9.96. The van der Waals surface area contributed by atoms with Crippen LogP contribution in [0.15, 0.2) is 48.1 Å². The van der Waals surface area contributed by atoms with Crippen molar-refractivity contribution in [1.82, 2.24) is 0 Å². The van der Waals surface area contributed by atoms with Gasteiger partial charge in [-0.25, -0.2) is 9.59 Å². The van der Waals surface area contributed by atoms with Gasteiger partial charge in [0.25, 0.3) is 0 Å². The number of allylic oxidation sites excluding steroid dienone is 1. The third kappa shape index (κ3) is 14.9. The maximum atomic E-state index is 13.3. The number of carbonyl (C=O) groups is 5. The van der Waals surface area contributed by atoms with Crippen molar-refractivity contribution in [3.63, 3.8) is 0 Å². The van der Waals surface area contributed by atoms with Gasteiger partial charge in [-0.05, 0) is 51.7 Å². The number of ketones is 1. The van der Waals surface area contributed by atoms with Crippen LogP contribution in [0.4, 0.5) is 0 Å². The van der Waals surface area contributed by atoms with Gasteiger partial charge in [-0.3, -0.25) is 14.4 Å². The number of esters is 4. The van der Waals surface area contributed by atoms with Gasteiger partial charge < -0.3 is 48.1 Å². The van der Waals surface area contributed by atoms with Crippen LogP contribution in [0.1, 0.15) is 117 Å². The SMILES string of the molecule is C/C=C(\C)C(=O)O[C@@H]1C(O)[C@H]2OC(COC(=O)CCC(=O)CCCCCC[C@H](CCCCC)O[C@@H]3OC(C)[C@H](OC(C)=O)C(O)[C@H]3O2)[C@H]1OC(=O)/C=C/c1ccccc1. The summed E-state index contributed by atoms with van der Waals surface area (Å²) in [5, 5.41) is 23.8. The Bertz CT molecular complexity index is 1580. The van der Waals surface area contributed by atoms with Gasteiger partial charge in [0.15, 0.2) is 30.9 Å². The van der Waals surface area contributed by atoms with Gasteiger partial charge in [-0.2, -0.15) is 0 Å². The Morgan fingerprint density at radius 1 is 0.814 bits per heavy atom. The average Bonchev–Trinajstić information content (AvgIpc) is 3.21. The minimum Gasteiger partial charge on any atom is -0.463 e. The number of aliphatic hydroxyl groups is 2. The summed E-state index contributed by atoms with van der Waals surface area (Å²) in [4.78, 5) is 64.5. The summed E-state index contributed by atoms with van der Waals surface area (Å²) in [6.45, 7) is 7.45. The first-order valence-electron chi connectivity index (χ1n) is 20.9. The Labute approximate surface area is 346 Å². The Morgan fingerprint density at radius 3 is 2.27 bits per heavy atom. The summed E-state index contributed by atoms with van der Waals surface area (Å²) in [7, 11) is 0. The van der Waals surface area contributed by atoms with E-state index in [0.29, 0.717) is 31.2 Å². The Balaban J connectivity index is 1.74. The summed E-state index contributed by atoms with van der Waals surface area (Å²) >= 11 is 0. The summed E-state index contributed by atoms with van der Waals surface area (Å²) in [6.07, 6.45) is -3.43. The smallest absolute Gasteiger partial charge is 0.333 e. The van der Waals surface area contributed by atoms with E-state index < -0.39 is 91.9 Å². The van der Waals surface area contributed by atoms with Gasteiger partial charge in [-0.1, -0.05) is 81.9 Å². The molecule has 4 rings (SSSR count). The molecular weight excluding hydrogens is 768 g/mol. The first-order chi connectivity index (χ1) is 28.3. The molecule has 15 nitrogen and oxygen atoms in total. The van der Waals surface area contributed by atoms with Crippen molar-refractivity contribution in [1.29, 1.82) is 0 Å². The molecule has 0 aliphatic carbocycles. The summed E-state index contributed by atoms with van der Waals surface area (Å²) in [6, 6.07) is 8.92. The van der Waals surface area contributed by atoms with Crippen LogP contribution < -0.4 is 0 Å². The number of benzene rings is 1. The van der Waals surface area contributed by atoms with E-state index in [1.807, 2.05) is 6.07 Å². The molecule has 3 heterocycles. The van der Waals surface area contributed by atoms with E-state index in [1.54, 1.807) is 38.1 Å². The Kier molecular flexibility index (Phi) is 19.6. The highest BCUT2D eigenvalue weighted by Crippen LogP contribution is 2.34. The van der Waals surface area contributed by atoms with Crippen LogP contribution >= 0.6 is 0 Å². The molecule has 1 aromatic rings. The maximum absolute atomic E-state index is 13.3. The maximum Gasteiger partial charge on any atom is 0.333 e. The van der Waals surface area contributed by atoms with Crippen molar-refractivity contribution in [3.05, 3.63) is 53.6 Å². The molecule has 3 saturated heterocycles. The van der Waals surface area contributed by atoms with Gasteiger partial charge in [0.2, 0.25) is 0 Å². The second kappa shape index (κ2) is 24.3. The zero-order valence-corrected chi connectivity index (χ0v) is 34.9. The third-order valence-electron chi connectivity index (χ3n) is 10.6. The lowest BCUT2D eigenvalue weighted by Gasteiger charge is -2.47. The predicted molar refractivity (Wildman–Crippen MR) is 212 cm³/mol. The number of Topliss-reactive ketones (excluding diaryl/α,β-unsaturated/α-hetero) is 1. The van der Waals surface area contributed by atoms with E-state index in [9.17, 15) is 34.2 Å². The van der Waals surface area contributed by atoms with Gasteiger partial charge in [0.05, 0.1) is 18.6 Å². The first kappa shape index (κ1) is 47.7. The number of carbonyl (C=O) groups excluding carboxylic acids is 5. The van der Waals surface area contributed by atoms with Crippen molar-refractivity contribution in [3.8, 4) is 0 Å². The molecule has 15 heteroatoms. The predicted octanol–water partition coefficient (Wildman–Crippen LogP) is 5.21. The molecule has 0 spiro atoms. The third-order valence-corrected chi connectivity index (χ3v) is 10.6. The highest BCUT2D eigenvalue weighted by molar-refractivity contribution is 5.88. The van der Waals surface area contributed by atoms with Crippen molar-refractivity contribution < 1.29 is 72.1 Å². The molecule has 0 radical (unpaired) electrons. The molecule has 1 aromatic carbocycles. The Hall–Kier alpha value is -3.99. The average molecular weight is 831 g/mol. The molecule has 0 aromatic heterocycles. The molecule has 3 aliphatic rings. The standard InChI is InChI=1S/C44H62O15/c1-6-8-12-20-32-21-16-10-9-15-19-31(46)23-25-34(47)52-26-33-39(57-35(48)24-22-30-17-13-11-14-18-30)40(58-42(51)27(3)7-2)37(50)43(56-33)59-41-36(49)38(54-29(5)45)28(4)53-44(41)55-32/h7,11,13-14,17-18,22,24,28,32-33,36-41,43-44,49-50H,6,8-10,12,15-16,19-21,23,25-26H2,1-5H3/b24-22+,27-7+/t28?,32-,33?,36?,37?,38-,39+,40+,41+,43-,44-/m0/s1. The van der Waals surface area contributed by atoms with Gasteiger partial charge in [0.1, 0.15) is 36.8 Å². The quantitative estimate of drug-likeness (QED) is 0.135. The van der Waals surface area contributed by atoms with Crippen LogP contribution in [-0.2, 0) is 61.9 Å². The minimum absolute atomic E-state index is 0.0312. The van der Waals surface area contributed by atoms with Crippen molar-refractivity contribution in [2.45, 2.75) is 179 Å². The number of fused-ring (bicyclic) bond motifs is 3. The summed E-state index contributed by atoms with van der Waals surface area (Å²) < 4.78 is 48.0. The highest BCUT2D eigenvalue weighted by atomic mass is 16.8. The number of hydrogen-bond acceptors (Lipinski definition) is 15. The number of cyclic esters (lactones) is 1. The summed E-state index contributed by atoms with van der Waals surface area (Å²) in [5.41, 5.74) is 0.863. The number of hydrogen-bond donors (Lipinski definition) is 2. The van der Waals surface area contributed by atoms with E-state index >= 15 is 0 Å². The topological polar surface area (TPSA) is 200 Å².